The first-order valence-electron chi connectivity index (χ1n) is 6.57. The first kappa shape index (κ1) is 12.7. The molecule has 0 unspecified atom stereocenters. The van der Waals surface area contributed by atoms with Crippen LogP contribution >= 0.6 is 0 Å². The van der Waals surface area contributed by atoms with Crippen molar-refractivity contribution in [3.63, 3.8) is 0 Å². The zero-order valence-electron chi connectivity index (χ0n) is 11.6. The van der Waals surface area contributed by atoms with Crippen LogP contribution in [0.1, 0.15) is 11.3 Å². The van der Waals surface area contributed by atoms with Crippen LogP contribution in [0.15, 0.2) is 48.5 Å². The van der Waals surface area contributed by atoms with Gasteiger partial charge in [-0.05, 0) is 48.9 Å². The van der Waals surface area contributed by atoms with Crippen molar-refractivity contribution in [2.24, 2.45) is 7.05 Å². The SMILES string of the molecule is Cc1cccc(OCc2cc3ccc(F)cc3n2C)c1. The molecule has 20 heavy (non-hydrogen) atoms. The number of aryl methyl sites for hydroxylation is 2. The van der Waals surface area contributed by atoms with Gasteiger partial charge in [-0.2, -0.15) is 0 Å². The molecule has 0 aliphatic carbocycles. The lowest BCUT2D eigenvalue weighted by molar-refractivity contribution is 0.297. The molecule has 3 aromatic rings. The molecule has 0 fully saturated rings. The summed E-state index contributed by atoms with van der Waals surface area (Å²) in [6.07, 6.45) is 0. The Morgan fingerprint density at radius 3 is 2.75 bits per heavy atom. The fourth-order valence-corrected chi connectivity index (χ4v) is 2.36. The van der Waals surface area contributed by atoms with Gasteiger partial charge in [-0.3, -0.25) is 0 Å². The molecule has 0 spiro atoms. The largest absolute Gasteiger partial charge is 0.487 e. The number of aromatic nitrogens is 1. The molecule has 0 saturated carbocycles. The quantitative estimate of drug-likeness (QED) is 0.695. The number of rotatable bonds is 3. The summed E-state index contributed by atoms with van der Waals surface area (Å²) in [4.78, 5) is 0. The third-order valence-corrected chi connectivity index (χ3v) is 3.48. The normalized spacial score (nSPS) is 10.9. The van der Waals surface area contributed by atoms with Crippen LogP contribution < -0.4 is 4.74 Å². The molecule has 0 N–H and O–H groups in total. The smallest absolute Gasteiger partial charge is 0.128 e. The summed E-state index contributed by atoms with van der Waals surface area (Å²) in [5.41, 5.74) is 3.07. The number of nitrogens with zero attached hydrogens (tertiary/aromatic N) is 1. The predicted octanol–water partition coefficient (Wildman–Crippen LogP) is 4.20. The molecule has 3 heteroatoms. The molecule has 0 radical (unpaired) electrons. The van der Waals surface area contributed by atoms with Crippen molar-refractivity contribution < 1.29 is 9.13 Å². The molecule has 1 heterocycles. The summed E-state index contributed by atoms with van der Waals surface area (Å²) in [5.74, 6) is 0.631. The second kappa shape index (κ2) is 5.00. The molecule has 2 nitrogen and oxygen atoms in total. The average molecular weight is 269 g/mol. The monoisotopic (exact) mass is 269 g/mol. The van der Waals surface area contributed by atoms with Gasteiger partial charge in [0.15, 0.2) is 0 Å². The van der Waals surface area contributed by atoms with E-state index in [2.05, 4.69) is 0 Å². The number of hydrogen-bond acceptors (Lipinski definition) is 1. The van der Waals surface area contributed by atoms with E-state index in [4.69, 9.17) is 4.74 Å². The molecule has 1 aromatic heterocycles. The zero-order valence-corrected chi connectivity index (χ0v) is 11.6. The number of benzene rings is 2. The summed E-state index contributed by atoms with van der Waals surface area (Å²) >= 11 is 0. The Bertz CT molecular complexity index is 761. The molecule has 0 atom stereocenters. The number of ether oxygens (including phenoxy) is 1. The van der Waals surface area contributed by atoms with Crippen molar-refractivity contribution in [2.75, 3.05) is 0 Å². The lowest BCUT2D eigenvalue weighted by Gasteiger charge is -2.08. The van der Waals surface area contributed by atoms with Crippen LogP contribution in [-0.4, -0.2) is 4.57 Å². The van der Waals surface area contributed by atoms with E-state index in [0.29, 0.717) is 6.61 Å². The van der Waals surface area contributed by atoms with E-state index >= 15 is 0 Å². The van der Waals surface area contributed by atoms with Crippen LogP contribution in [-0.2, 0) is 13.7 Å². The highest BCUT2D eigenvalue weighted by atomic mass is 19.1. The van der Waals surface area contributed by atoms with Gasteiger partial charge in [0, 0.05) is 12.4 Å². The molecule has 0 aliphatic heterocycles. The molecular weight excluding hydrogens is 253 g/mol. The van der Waals surface area contributed by atoms with Gasteiger partial charge in [-0.25, -0.2) is 4.39 Å². The molecule has 0 amide bonds. The Hall–Kier alpha value is -2.29. The van der Waals surface area contributed by atoms with Crippen molar-refractivity contribution in [3.8, 4) is 5.75 Å². The summed E-state index contributed by atoms with van der Waals surface area (Å²) in [7, 11) is 1.93. The third kappa shape index (κ3) is 2.39. The third-order valence-electron chi connectivity index (χ3n) is 3.48. The van der Waals surface area contributed by atoms with E-state index in [1.165, 1.54) is 11.6 Å². The van der Waals surface area contributed by atoms with Gasteiger partial charge in [0.25, 0.3) is 0 Å². The summed E-state index contributed by atoms with van der Waals surface area (Å²) < 4.78 is 21.0. The topological polar surface area (TPSA) is 14.2 Å². The lowest BCUT2D eigenvalue weighted by Crippen LogP contribution is -2.01. The van der Waals surface area contributed by atoms with E-state index in [1.54, 1.807) is 12.1 Å². The summed E-state index contributed by atoms with van der Waals surface area (Å²) in [5, 5.41) is 1.02. The van der Waals surface area contributed by atoms with Crippen molar-refractivity contribution in [1.29, 1.82) is 0 Å². The minimum Gasteiger partial charge on any atom is -0.487 e. The fourth-order valence-electron chi connectivity index (χ4n) is 2.36. The minimum absolute atomic E-state index is 0.218. The van der Waals surface area contributed by atoms with Gasteiger partial charge in [-0.1, -0.05) is 12.1 Å². The van der Waals surface area contributed by atoms with Gasteiger partial charge in [0.2, 0.25) is 0 Å². The lowest BCUT2D eigenvalue weighted by atomic mass is 10.2. The molecule has 0 saturated heterocycles. The highest BCUT2D eigenvalue weighted by molar-refractivity contribution is 5.81. The van der Waals surface area contributed by atoms with Gasteiger partial charge in [0.05, 0.1) is 11.2 Å². The molecular formula is C17H16FNO. The average Bonchev–Trinajstić information content (AvgIpc) is 2.73. The van der Waals surface area contributed by atoms with E-state index in [1.807, 2.05) is 48.9 Å². The van der Waals surface area contributed by atoms with Crippen LogP contribution in [0.3, 0.4) is 0 Å². The first-order valence-corrected chi connectivity index (χ1v) is 6.57. The Morgan fingerprint density at radius 2 is 1.95 bits per heavy atom. The number of halogens is 1. The minimum atomic E-state index is -0.218. The summed E-state index contributed by atoms with van der Waals surface area (Å²) in [6, 6.07) is 14.8. The molecule has 0 bridgehead atoms. The second-order valence-electron chi connectivity index (χ2n) is 5.00. The zero-order chi connectivity index (χ0) is 14.1. The molecule has 2 aromatic carbocycles. The molecule has 3 rings (SSSR count). The van der Waals surface area contributed by atoms with E-state index in [0.717, 1.165) is 22.3 Å². The fraction of sp³-hybridized carbons (Fsp3) is 0.176. The highest BCUT2D eigenvalue weighted by Gasteiger charge is 2.07. The van der Waals surface area contributed by atoms with Crippen molar-refractivity contribution in [1.82, 2.24) is 4.57 Å². The van der Waals surface area contributed by atoms with Gasteiger partial charge < -0.3 is 9.30 Å². The van der Waals surface area contributed by atoms with Gasteiger partial charge in [0.1, 0.15) is 18.2 Å². The highest BCUT2D eigenvalue weighted by Crippen LogP contribution is 2.21. The van der Waals surface area contributed by atoms with Gasteiger partial charge in [-0.15, -0.1) is 0 Å². The van der Waals surface area contributed by atoms with E-state index < -0.39 is 0 Å². The van der Waals surface area contributed by atoms with E-state index in [9.17, 15) is 4.39 Å². The van der Waals surface area contributed by atoms with Gasteiger partial charge >= 0.3 is 0 Å². The van der Waals surface area contributed by atoms with Crippen LogP contribution in [0.2, 0.25) is 0 Å². The molecule has 0 aliphatic rings. The van der Waals surface area contributed by atoms with Crippen molar-refractivity contribution in [3.05, 3.63) is 65.6 Å². The molecule has 102 valence electrons. The van der Waals surface area contributed by atoms with E-state index in [-0.39, 0.29) is 5.82 Å². The maximum atomic E-state index is 13.3. The Morgan fingerprint density at radius 1 is 1.10 bits per heavy atom. The Kier molecular flexibility index (Phi) is 3.18. The predicted molar refractivity (Wildman–Crippen MR) is 78.4 cm³/mol. The van der Waals surface area contributed by atoms with Crippen LogP contribution in [0, 0.1) is 12.7 Å². The van der Waals surface area contributed by atoms with Crippen LogP contribution in [0.4, 0.5) is 4.39 Å². The summed E-state index contributed by atoms with van der Waals surface area (Å²) in [6.45, 7) is 2.50. The maximum absolute atomic E-state index is 13.3. The maximum Gasteiger partial charge on any atom is 0.128 e. The first-order chi connectivity index (χ1) is 9.63. The number of hydrogen-bond donors (Lipinski definition) is 0. The van der Waals surface area contributed by atoms with Crippen LogP contribution in [0.5, 0.6) is 5.75 Å². The standard InChI is InChI=1S/C17H16FNO/c1-12-4-3-5-16(8-12)20-11-15-9-13-6-7-14(18)10-17(13)19(15)2/h3-10H,11H2,1-2H3. The Labute approximate surface area is 117 Å². The Balaban J connectivity index is 1.86. The second-order valence-corrected chi connectivity index (χ2v) is 5.00. The van der Waals surface area contributed by atoms with Crippen molar-refractivity contribution in [2.45, 2.75) is 13.5 Å². The van der Waals surface area contributed by atoms with Crippen molar-refractivity contribution >= 4 is 10.9 Å². The van der Waals surface area contributed by atoms with Crippen LogP contribution in [0.25, 0.3) is 10.9 Å². The number of fused-ring (bicyclic) bond motifs is 1.